The molecule has 1 aromatic carbocycles. The Morgan fingerprint density at radius 1 is 1.04 bits per heavy atom. The molecule has 0 unspecified atom stereocenters. The van der Waals surface area contributed by atoms with Crippen molar-refractivity contribution in [2.24, 2.45) is 0 Å². The molecule has 0 atom stereocenters. The van der Waals surface area contributed by atoms with Gasteiger partial charge in [-0.1, -0.05) is 6.07 Å². The molecule has 0 radical (unpaired) electrons. The number of rotatable bonds is 9. The Balaban J connectivity index is 1.42. The van der Waals surface area contributed by atoms with Crippen molar-refractivity contribution in [2.45, 2.75) is 78.6 Å². The number of aromatic amines is 1. The van der Waals surface area contributed by atoms with Gasteiger partial charge in [-0.05, 0) is 87.4 Å². The van der Waals surface area contributed by atoms with E-state index in [9.17, 15) is 14.4 Å². The number of hydrogen-bond donors (Lipinski definition) is 3. The quantitative estimate of drug-likeness (QED) is 0.333. The van der Waals surface area contributed by atoms with Gasteiger partial charge in [0.2, 0.25) is 5.91 Å². The lowest BCUT2D eigenvalue weighted by atomic mass is 9.89. The molecule has 10 heteroatoms. The first kappa shape index (κ1) is 32.4. The van der Waals surface area contributed by atoms with Gasteiger partial charge >= 0.3 is 0 Å². The third-order valence-electron chi connectivity index (χ3n) is 9.22. The smallest absolute Gasteiger partial charge is 0.253 e. The van der Waals surface area contributed by atoms with Crippen molar-refractivity contribution in [1.29, 1.82) is 0 Å². The van der Waals surface area contributed by atoms with Crippen molar-refractivity contribution in [3.05, 3.63) is 80.5 Å². The van der Waals surface area contributed by atoms with E-state index < -0.39 is 0 Å². The van der Waals surface area contributed by atoms with Crippen LogP contribution in [-0.2, 0) is 22.6 Å². The monoisotopic (exact) mass is 614 g/mol. The third-order valence-corrected chi connectivity index (χ3v) is 9.22. The van der Waals surface area contributed by atoms with Gasteiger partial charge in [-0.3, -0.25) is 24.3 Å². The maximum atomic E-state index is 13.8. The molecule has 1 saturated carbocycles. The molecule has 2 aromatic heterocycles. The zero-order valence-electron chi connectivity index (χ0n) is 27.2. The minimum atomic E-state index is -0.227. The van der Waals surface area contributed by atoms with Crippen molar-refractivity contribution in [3.8, 4) is 11.1 Å². The standard InChI is InChI=1S/C35H46N6O4/c1-22-16-23(2)38-35(44)32(22)20-37-34(43)31-17-27(26-6-7-29(36-19-26)21-41-12-14-45-15-13-41)18-33(24(31)3)40(5)30-10-8-28(9-11-30)39-25(4)42/h6-7,16-19,28,30H,8-15,20-21H2,1-5H3,(H,37,43)(H,38,44)(H,39,42)/t28-,30-. The molecular weight excluding hydrogens is 568 g/mol. The highest BCUT2D eigenvalue weighted by Gasteiger charge is 2.27. The first-order chi connectivity index (χ1) is 21.6. The van der Waals surface area contributed by atoms with E-state index in [0.29, 0.717) is 11.1 Å². The number of carbonyl (C=O) groups excluding carboxylic acids is 2. The molecule has 2 amide bonds. The van der Waals surface area contributed by atoms with Gasteiger partial charge in [-0.15, -0.1) is 0 Å². The second kappa shape index (κ2) is 14.4. The molecule has 0 spiro atoms. The minimum Gasteiger partial charge on any atom is -0.379 e. The Bertz CT molecular complexity index is 1570. The SMILES string of the molecule is CC(=O)N[C@H]1CC[C@H](N(C)c2cc(-c3ccc(CN4CCOCC4)nc3)cc(C(=O)NCc3c(C)cc(C)[nH]c3=O)c2C)CC1. The lowest BCUT2D eigenvalue weighted by Crippen LogP contribution is -2.42. The van der Waals surface area contributed by atoms with Crippen molar-refractivity contribution in [3.63, 3.8) is 0 Å². The van der Waals surface area contributed by atoms with E-state index in [1.165, 1.54) is 0 Å². The van der Waals surface area contributed by atoms with Crippen LogP contribution in [0.1, 0.15) is 71.0 Å². The van der Waals surface area contributed by atoms with Crippen molar-refractivity contribution in [1.82, 2.24) is 25.5 Å². The molecule has 10 nitrogen and oxygen atoms in total. The molecule has 3 heterocycles. The summed E-state index contributed by atoms with van der Waals surface area (Å²) in [5.74, 6) is -0.215. The van der Waals surface area contributed by atoms with Gasteiger partial charge in [0, 0.05) is 86.5 Å². The zero-order valence-corrected chi connectivity index (χ0v) is 27.2. The number of amides is 2. The topological polar surface area (TPSA) is 120 Å². The normalized spacial score (nSPS) is 18.8. The second-order valence-electron chi connectivity index (χ2n) is 12.5. The van der Waals surface area contributed by atoms with Crippen LogP contribution < -0.4 is 21.1 Å². The van der Waals surface area contributed by atoms with E-state index >= 15 is 0 Å². The fourth-order valence-corrected chi connectivity index (χ4v) is 6.60. The number of H-pyrrole nitrogens is 1. The minimum absolute atomic E-state index is 0.0124. The Morgan fingerprint density at radius 3 is 2.42 bits per heavy atom. The van der Waals surface area contributed by atoms with Crippen LogP contribution >= 0.6 is 0 Å². The van der Waals surface area contributed by atoms with E-state index in [2.05, 4.69) is 50.7 Å². The highest BCUT2D eigenvalue weighted by atomic mass is 16.5. The van der Waals surface area contributed by atoms with E-state index in [0.717, 1.165) is 97.9 Å². The Morgan fingerprint density at radius 2 is 1.78 bits per heavy atom. The van der Waals surface area contributed by atoms with Crippen molar-refractivity contribution >= 4 is 17.5 Å². The summed E-state index contributed by atoms with van der Waals surface area (Å²) in [5, 5.41) is 6.08. The Labute approximate surface area is 265 Å². The number of nitrogens with one attached hydrogen (secondary N) is 3. The summed E-state index contributed by atoms with van der Waals surface area (Å²) in [7, 11) is 2.09. The Kier molecular flexibility index (Phi) is 10.4. The predicted molar refractivity (Wildman–Crippen MR) is 176 cm³/mol. The number of pyridine rings is 2. The van der Waals surface area contributed by atoms with Crippen LogP contribution in [0.15, 0.2) is 41.3 Å². The summed E-state index contributed by atoms with van der Waals surface area (Å²) < 4.78 is 5.48. The fourth-order valence-electron chi connectivity index (χ4n) is 6.60. The Hall–Kier alpha value is -4.02. The molecule has 240 valence electrons. The average molecular weight is 615 g/mol. The van der Waals surface area contributed by atoms with Crippen LogP contribution in [0, 0.1) is 20.8 Å². The molecule has 3 N–H and O–H groups in total. The van der Waals surface area contributed by atoms with E-state index in [1.807, 2.05) is 39.1 Å². The van der Waals surface area contributed by atoms with E-state index in [4.69, 9.17) is 9.72 Å². The highest BCUT2D eigenvalue weighted by Crippen LogP contribution is 2.34. The number of ether oxygens (including phenoxy) is 1. The predicted octanol–water partition coefficient (Wildman–Crippen LogP) is 4.01. The van der Waals surface area contributed by atoms with Crippen molar-refractivity contribution < 1.29 is 14.3 Å². The van der Waals surface area contributed by atoms with Gasteiger partial charge in [0.1, 0.15) is 0 Å². The molecule has 2 fully saturated rings. The lowest BCUT2D eigenvalue weighted by molar-refractivity contribution is -0.119. The average Bonchev–Trinajstić information content (AvgIpc) is 3.01. The number of nitrogens with zero attached hydrogens (tertiary/aromatic N) is 3. The molecule has 1 aliphatic heterocycles. The number of aryl methyl sites for hydroxylation is 2. The second-order valence-corrected chi connectivity index (χ2v) is 12.5. The van der Waals surface area contributed by atoms with Crippen LogP contribution in [0.2, 0.25) is 0 Å². The molecular formula is C35H46N6O4. The first-order valence-electron chi connectivity index (χ1n) is 16.0. The molecule has 0 bridgehead atoms. The summed E-state index contributed by atoms with van der Waals surface area (Å²) in [6.45, 7) is 11.5. The van der Waals surface area contributed by atoms with Crippen LogP contribution in [0.5, 0.6) is 0 Å². The number of aromatic nitrogens is 2. The maximum absolute atomic E-state index is 13.8. The van der Waals surface area contributed by atoms with Crippen LogP contribution in [-0.4, -0.2) is 72.1 Å². The number of morpholine rings is 1. The highest BCUT2D eigenvalue weighted by molar-refractivity contribution is 5.99. The van der Waals surface area contributed by atoms with E-state index in [-0.39, 0.29) is 36.0 Å². The molecule has 3 aromatic rings. The van der Waals surface area contributed by atoms with Crippen LogP contribution in [0.4, 0.5) is 5.69 Å². The zero-order chi connectivity index (χ0) is 32.1. The van der Waals surface area contributed by atoms with Crippen LogP contribution in [0.3, 0.4) is 0 Å². The number of hydrogen-bond acceptors (Lipinski definition) is 7. The third kappa shape index (κ3) is 7.99. The van der Waals surface area contributed by atoms with Gasteiger partial charge < -0.3 is 25.3 Å². The van der Waals surface area contributed by atoms with Gasteiger partial charge in [-0.25, -0.2) is 0 Å². The number of carbonyl (C=O) groups is 2. The summed E-state index contributed by atoms with van der Waals surface area (Å²) >= 11 is 0. The maximum Gasteiger partial charge on any atom is 0.253 e. The van der Waals surface area contributed by atoms with Gasteiger partial charge in [-0.2, -0.15) is 0 Å². The van der Waals surface area contributed by atoms with E-state index in [1.54, 1.807) is 6.92 Å². The lowest BCUT2D eigenvalue weighted by Gasteiger charge is -2.37. The summed E-state index contributed by atoms with van der Waals surface area (Å²) in [6, 6.07) is 10.6. The fraction of sp³-hybridized carbons (Fsp3) is 0.486. The molecule has 5 rings (SSSR count). The molecule has 1 aliphatic carbocycles. The first-order valence-corrected chi connectivity index (χ1v) is 16.0. The van der Waals surface area contributed by atoms with Crippen molar-refractivity contribution in [2.75, 3.05) is 38.3 Å². The van der Waals surface area contributed by atoms with Gasteiger partial charge in [0.25, 0.3) is 11.5 Å². The number of benzene rings is 1. The van der Waals surface area contributed by atoms with Gasteiger partial charge in [0.05, 0.1) is 18.9 Å². The summed E-state index contributed by atoms with van der Waals surface area (Å²) in [6.07, 6.45) is 5.61. The number of anilines is 1. The largest absolute Gasteiger partial charge is 0.379 e. The molecule has 2 aliphatic rings. The summed E-state index contributed by atoms with van der Waals surface area (Å²) in [4.78, 5) is 50.2. The van der Waals surface area contributed by atoms with Gasteiger partial charge in [0.15, 0.2) is 0 Å². The van der Waals surface area contributed by atoms with Crippen LogP contribution in [0.25, 0.3) is 11.1 Å². The molecule has 45 heavy (non-hydrogen) atoms. The molecule has 1 saturated heterocycles. The summed E-state index contributed by atoms with van der Waals surface area (Å²) in [5.41, 5.74) is 7.29.